The van der Waals surface area contributed by atoms with Crippen LogP contribution in [0.5, 0.6) is 0 Å². The molecule has 0 spiro atoms. The topological polar surface area (TPSA) is 64.8 Å². The molecule has 0 aromatic rings. The van der Waals surface area contributed by atoms with E-state index in [4.69, 9.17) is 10.5 Å². The second-order valence-electron chi connectivity index (χ2n) is 3.89. The lowest BCUT2D eigenvalue weighted by Crippen LogP contribution is -2.48. The first-order valence-electron chi connectivity index (χ1n) is 5.26. The number of nitrogens with two attached hydrogens (primary N) is 1. The van der Waals surface area contributed by atoms with Crippen LogP contribution in [0.3, 0.4) is 0 Å². The van der Waals surface area contributed by atoms with Crippen molar-refractivity contribution in [2.45, 2.75) is 25.0 Å². The molecule has 5 nitrogen and oxygen atoms in total. The molecule has 2 N–H and O–H groups in total. The zero-order valence-corrected chi connectivity index (χ0v) is 9.44. The minimum atomic E-state index is -0.550. The first kappa shape index (κ1) is 12.4. The molecular weight excluding hydrogens is 196 g/mol. The number of ether oxygens (including phenoxy) is 2. The van der Waals surface area contributed by atoms with E-state index in [2.05, 4.69) is 9.64 Å². The Morgan fingerprint density at radius 2 is 2.33 bits per heavy atom. The van der Waals surface area contributed by atoms with Gasteiger partial charge in [0.25, 0.3) is 0 Å². The van der Waals surface area contributed by atoms with Crippen molar-refractivity contribution < 1.29 is 14.3 Å². The number of likely N-dealkylation sites (tertiary alicyclic amines) is 1. The summed E-state index contributed by atoms with van der Waals surface area (Å²) in [4.78, 5) is 13.3. The third kappa shape index (κ3) is 3.77. The maximum absolute atomic E-state index is 11.1. The Morgan fingerprint density at radius 3 is 2.93 bits per heavy atom. The molecule has 1 rings (SSSR count). The van der Waals surface area contributed by atoms with Gasteiger partial charge in [0.15, 0.2) is 0 Å². The van der Waals surface area contributed by atoms with Crippen molar-refractivity contribution in [1.29, 1.82) is 0 Å². The van der Waals surface area contributed by atoms with Crippen LogP contribution in [0.15, 0.2) is 0 Å². The lowest BCUT2D eigenvalue weighted by Gasteiger charge is -2.32. The van der Waals surface area contributed by atoms with E-state index in [1.165, 1.54) is 7.11 Å². The van der Waals surface area contributed by atoms with Crippen molar-refractivity contribution in [3.8, 4) is 0 Å². The Morgan fingerprint density at radius 1 is 1.60 bits per heavy atom. The first-order chi connectivity index (χ1) is 7.17. The van der Waals surface area contributed by atoms with E-state index in [9.17, 15) is 4.79 Å². The zero-order chi connectivity index (χ0) is 11.3. The van der Waals surface area contributed by atoms with Crippen LogP contribution in [0, 0.1) is 0 Å². The molecule has 0 aromatic carbocycles. The van der Waals surface area contributed by atoms with Gasteiger partial charge in [0.2, 0.25) is 0 Å². The highest BCUT2D eigenvalue weighted by atomic mass is 16.5. The fraction of sp³-hybridized carbons (Fsp3) is 0.900. The zero-order valence-electron chi connectivity index (χ0n) is 9.44. The molecule has 5 heteroatoms. The van der Waals surface area contributed by atoms with Gasteiger partial charge in [-0.05, 0) is 19.4 Å². The van der Waals surface area contributed by atoms with Gasteiger partial charge in [-0.25, -0.2) is 0 Å². The Kier molecular flexibility index (Phi) is 5.01. The summed E-state index contributed by atoms with van der Waals surface area (Å²) in [6, 6.07) is -0.550. The highest BCUT2D eigenvalue weighted by Crippen LogP contribution is 2.12. The molecule has 15 heavy (non-hydrogen) atoms. The number of carbonyl (C=O) groups is 1. The number of hydrogen-bond donors (Lipinski definition) is 1. The fourth-order valence-corrected chi connectivity index (χ4v) is 1.88. The third-order valence-corrected chi connectivity index (χ3v) is 2.75. The van der Waals surface area contributed by atoms with E-state index in [1.54, 1.807) is 7.11 Å². The summed E-state index contributed by atoms with van der Waals surface area (Å²) in [6.07, 6.45) is 2.44. The molecule has 0 amide bonds. The van der Waals surface area contributed by atoms with Gasteiger partial charge in [-0.2, -0.15) is 0 Å². The number of esters is 1. The summed E-state index contributed by atoms with van der Waals surface area (Å²) >= 11 is 0. The Labute approximate surface area is 90.5 Å². The molecule has 0 radical (unpaired) electrons. The predicted molar refractivity (Wildman–Crippen MR) is 56.5 cm³/mol. The van der Waals surface area contributed by atoms with Gasteiger partial charge in [-0.1, -0.05) is 0 Å². The number of carbonyl (C=O) groups excluding carboxylic acids is 1. The van der Waals surface area contributed by atoms with E-state index in [0.717, 1.165) is 25.9 Å². The summed E-state index contributed by atoms with van der Waals surface area (Å²) < 4.78 is 9.88. The van der Waals surface area contributed by atoms with Gasteiger partial charge in [0.05, 0.1) is 13.2 Å². The summed E-state index contributed by atoms with van der Waals surface area (Å²) in [5.74, 6) is -0.352. The van der Waals surface area contributed by atoms with E-state index in [-0.39, 0.29) is 12.1 Å². The minimum absolute atomic E-state index is 0.267. The summed E-state index contributed by atoms with van der Waals surface area (Å²) in [5.41, 5.74) is 5.69. The monoisotopic (exact) mass is 216 g/mol. The highest BCUT2D eigenvalue weighted by Gasteiger charge is 2.23. The van der Waals surface area contributed by atoms with Crippen molar-refractivity contribution in [3.63, 3.8) is 0 Å². The molecule has 1 heterocycles. The molecule has 0 bridgehead atoms. The van der Waals surface area contributed by atoms with E-state index in [1.807, 2.05) is 0 Å². The Balaban J connectivity index is 2.34. The maximum atomic E-state index is 11.1. The van der Waals surface area contributed by atoms with Gasteiger partial charge in [0.1, 0.15) is 6.04 Å². The van der Waals surface area contributed by atoms with Crippen molar-refractivity contribution in [2.75, 3.05) is 33.9 Å². The number of nitrogens with zero attached hydrogens (tertiary/aromatic N) is 1. The van der Waals surface area contributed by atoms with Crippen molar-refractivity contribution in [3.05, 3.63) is 0 Å². The number of methoxy groups -OCH3 is 2. The van der Waals surface area contributed by atoms with Gasteiger partial charge < -0.3 is 15.2 Å². The molecule has 1 aliphatic heterocycles. The second kappa shape index (κ2) is 6.05. The summed E-state index contributed by atoms with van der Waals surface area (Å²) in [5, 5.41) is 0. The highest BCUT2D eigenvalue weighted by molar-refractivity contribution is 5.75. The third-order valence-electron chi connectivity index (χ3n) is 2.75. The Hall–Kier alpha value is -0.650. The van der Waals surface area contributed by atoms with Crippen molar-refractivity contribution in [2.24, 2.45) is 5.73 Å². The number of rotatable bonds is 4. The molecule has 0 aromatic heterocycles. The lowest BCUT2D eigenvalue weighted by atomic mass is 10.1. The smallest absolute Gasteiger partial charge is 0.323 e. The second-order valence-corrected chi connectivity index (χ2v) is 3.89. The quantitative estimate of drug-likeness (QED) is 0.648. The van der Waals surface area contributed by atoms with E-state index < -0.39 is 6.04 Å². The first-order valence-corrected chi connectivity index (χ1v) is 5.26. The predicted octanol–water partition coefficient (Wildman–Crippen LogP) is -0.402. The van der Waals surface area contributed by atoms with Crippen LogP contribution in [-0.4, -0.2) is 56.9 Å². The van der Waals surface area contributed by atoms with Gasteiger partial charge >= 0.3 is 5.97 Å². The molecule has 1 saturated heterocycles. The summed E-state index contributed by atoms with van der Waals surface area (Å²) in [6.45, 7) is 2.37. The average molecular weight is 216 g/mol. The maximum Gasteiger partial charge on any atom is 0.323 e. The number of piperidine rings is 1. The van der Waals surface area contributed by atoms with Crippen molar-refractivity contribution >= 4 is 5.97 Å². The lowest BCUT2D eigenvalue weighted by molar-refractivity contribution is -0.142. The standard InChI is InChI=1S/C10H20N2O3/c1-14-8-4-3-5-12(6-8)7-9(11)10(13)15-2/h8-9H,3-7,11H2,1-2H3. The normalized spacial score (nSPS) is 24.9. The van der Waals surface area contributed by atoms with Crippen LogP contribution >= 0.6 is 0 Å². The van der Waals surface area contributed by atoms with Crippen LogP contribution in [0.2, 0.25) is 0 Å². The molecule has 1 fully saturated rings. The molecule has 1 aliphatic rings. The molecule has 0 aliphatic carbocycles. The van der Waals surface area contributed by atoms with Crippen LogP contribution in [0.1, 0.15) is 12.8 Å². The average Bonchev–Trinajstić information content (AvgIpc) is 2.28. The number of hydrogen-bond acceptors (Lipinski definition) is 5. The fourth-order valence-electron chi connectivity index (χ4n) is 1.88. The minimum Gasteiger partial charge on any atom is -0.468 e. The molecule has 0 saturated carbocycles. The molecule has 2 atom stereocenters. The molecular formula is C10H20N2O3. The van der Waals surface area contributed by atoms with Crippen LogP contribution in [0.4, 0.5) is 0 Å². The Bertz CT molecular complexity index is 211. The van der Waals surface area contributed by atoms with Gasteiger partial charge in [-0.3, -0.25) is 9.69 Å². The summed E-state index contributed by atoms with van der Waals surface area (Å²) in [7, 11) is 3.07. The van der Waals surface area contributed by atoms with Crippen molar-refractivity contribution in [1.82, 2.24) is 4.90 Å². The van der Waals surface area contributed by atoms with E-state index in [0.29, 0.717) is 6.54 Å². The van der Waals surface area contributed by atoms with E-state index >= 15 is 0 Å². The van der Waals surface area contributed by atoms with Crippen LogP contribution in [0.25, 0.3) is 0 Å². The van der Waals surface area contributed by atoms with Crippen LogP contribution in [-0.2, 0) is 14.3 Å². The van der Waals surface area contributed by atoms with Gasteiger partial charge in [0, 0.05) is 20.2 Å². The molecule has 88 valence electrons. The van der Waals surface area contributed by atoms with Gasteiger partial charge in [-0.15, -0.1) is 0 Å². The van der Waals surface area contributed by atoms with Crippen LogP contribution < -0.4 is 5.73 Å². The molecule has 2 unspecified atom stereocenters. The largest absolute Gasteiger partial charge is 0.468 e. The SMILES string of the molecule is COC(=O)C(N)CN1CCCC(OC)C1.